The van der Waals surface area contributed by atoms with Crippen LogP contribution in [0.4, 0.5) is 0 Å². The van der Waals surface area contributed by atoms with E-state index >= 15 is 0 Å². The van der Waals surface area contributed by atoms with Crippen molar-refractivity contribution in [3.63, 3.8) is 0 Å². The van der Waals surface area contributed by atoms with Crippen LogP contribution < -0.4 is 0 Å². The first-order chi connectivity index (χ1) is 5.70. The molecular formula is C11H12O. The summed E-state index contributed by atoms with van der Waals surface area (Å²) in [5.41, 5.74) is 2.29. The van der Waals surface area contributed by atoms with Gasteiger partial charge in [-0.3, -0.25) is 4.79 Å². The lowest BCUT2D eigenvalue weighted by atomic mass is 10.1. The standard InChI is InChI=1S/C11H12O/c1-9-5-3-4-6-11(9)8-7-10(2)12/h3-8H,1-2H3/b8-7+. The van der Waals surface area contributed by atoms with Crippen LogP contribution in [0, 0.1) is 6.92 Å². The van der Waals surface area contributed by atoms with Crippen molar-refractivity contribution >= 4 is 11.9 Å². The van der Waals surface area contributed by atoms with E-state index in [-0.39, 0.29) is 5.78 Å². The van der Waals surface area contributed by atoms with Gasteiger partial charge in [0.05, 0.1) is 0 Å². The Labute approximate surface area is 72.7 Å². The van der Waals surface area contributed by atoms with Crippen LogP contribution >= 0.6 is 0 Å². The minimum atomic E-state index is 0.0817. The third-order valence-electron chi connectivity index (χ3n) is 1.69. The molecule has 0 fully saturated rings. The Bertz CT molecular complexity index is 311. The van der Waals surface area contributed by atoms with Crippen LogP contribution in [0.25, 0.3) is 6.08 Å². The fraction of sp³-hybridized carbons (Fsp3) is 0.182. The van der Waals surface area contributed by atoms with Gasteiger partial charge in [-0.2, -0.15) is 0 Å². The molecular weight excluding hydrogens is 148 g/mol. The Morgan fingerprint density at radius 3 is 2.58 bits per heavy atom. The molecule has 0 bridgehead atoms. The van der Waals surface area contributed by atoms with Gasteiger partial charge in [-0.05, 0) is 31.1 Å². The zero-order chi connectivity index (χ0) is 8.97. The summed E-state index contributed by atoms with van der Waals surface area (Å²) in [6.45, 7) is 3.58. The molecule has 0 saturated heterocycles. The summed E-state index contributed by atoms with van der Waals surface area (Å²) in [5.74, 6) is 0.0817. The average molecular weight is 160 g/mol. The van der Waals surface area contributed by atoms with E-state index in [9.17, 15) is 4.79 Å². The summed E-state index contributed by atoms with van der Waals surface area (Å²) in [6.07, 6.45) is 3.43. The summed E-state index contributed by atoms with van der Waals surface area (Å²) in [6, 6.07) is 7.97. The molecule has 0 atom stereocenters. The van der Waals surface area contributed by atoms with E-state index in [2.05, 4.69) is 0 Å². The van der Waals surface area contributed by atoms with Gasteiger partial charge in [0, 0.05) is 0 Å². The molecule has 0 heterocycles. The smallest absolute Gasteiger partial charge is 0.152 e. The van der Waals surface area contributed by atoms with Crippen molar-refractivity contribution in [1.29, 1.82) is 0 Å². The number of carbonyl (C=O) groups is 1. The quantitative estimate of drug-likeness (QED) is 0.608. The van der Waals surface area contributed by atoms with Gasteiger partial charge in [0.15, 0.2) is 5.78 Å². The second-order valence-electron chi connectivity index (χ2n) is 2.80. The number of ketones is 1. The number of rotatable bonds is 2. The van der Waals surface area contributed by atoms with Crippen molar-refractivity contribution < 1.29 is 4.79 Å². The minimum Gasteiger partial charge on any atom is -0.295 e. The van der Waals surface area contributed by atoms with Gasteiger partial charge in [-0.25, -0.2) is 0 Å². The summed E-state index contributed by atoms with van der Waals surface area (Å²) in [5, 5.41) is 0. The fourth-order valence-electron chi connectivity index (χ4n) is 0.981. The van der Waals surface area contributed by atoms with E-state index in [1.165, 1.54) is 5.56 Å². The van der Waals surface area contributed by atoms with E-state index < -0.39 is 0 Å². The number of carbonyl (C=O) groups excluding carboxylic acids is 1. The number of hydrogen-bond acceptors (Lipinski definition) is 1. The van der Waals surface area contributed by atoms with Crippen molar-refractivity contribution in [2.45, 2.75) is 13.8 Å². The van der Waals surface area contributed by atoms with Gasteiger partial charge in [0.1, 0.15) is 0 Å². The van der Waals surface area contributed by atoms with E-state index in [0.717, 1.165) is 5.56 Å². The molecule has 1 aromatic carbocycles. The molecule has 0 aliphatic heterocycles. The van der Waals surface area contributed by atoms with Gasteiger partial charge >= 0.3 is 0 Å². The molecule has 0 aliphatic carbocycles. The SMILES string of the molecule is CC(=O)/C=C/c1ccccc1C. The normalized spacial score (nSPS) is 10.5. The number of hydrogen-bond donors (Lipinski definition) is 0. The lowest BCUT2D eigenvalue weighted by Crippen LogP contribution is -1.82. The van der Waals surface area contributed by atoms with E-state index in [4.69, 9.17) is 0 Å². The molecule has 0 N–H and O–H groups in total. The predicted molar refractivity (Wildman–Crippen MR) is 50.9 cm³/mol. The van der Waals surface area contributed by atoms with Crippen LogP contribution in [-0.2, 0) is 4.79 Å². The molecule has 62 valence electrons. The number of benzene rings is 1. The third-order valence-corrected chi connectivity index (χ3v) is 1.69. The third kappa shape index (κ3) is 2.35. The molecule has 0 spiro atoms. The number of allylic oxidation sites excluding steroid dienone is 1. The van der Waals surface area contributed by atoms with Crippen LogP contribution in [0.3, 0.4) is 0 Å². The van der Waals surface area contributed by atoms with Crippen LogP contribution in [0.1, 0.15) is 18.1 Å². The zero-order valence-corrected chi connectivity index (χ0v) is 7.37. The predicted octanol–water partition coefficient (Wildman–Crippen LogP) is 2.60. The highest BCUT2D eigenvalue weighted by atomic mass is 16.1. The molecule has 0 amide bonds. The fourth-order valence-corrected chi connectivity index (χ4v) is 0.981. The second kappa shape index (κ2) is 3.86. The molecule has 0 radical (unpaired) electrons. The topological polar surface area (TPSA) is 17.1 Å². The van der Waals surface area contributed by atoms with Crippen molar-refractivity contribution in [3.8, 4) is 0 Å². The maximum atomic E-state index is 10.6. The molecule has 1 heteroatoms. The summed E-state index contributed by atoms with van der Waals surface area (Å²) in [7, 11) is 0. The average Bonchev–Trinajstić information content (AvgIpc) is 2.03. The van der Waals surface area contributed by atoms with Gasteiger partial charge < -0.3 is 0 Å². The molecule has 0 saturated carbocycles. The van der Waals surface area contributed by atoms with Crippen molar-refractivity contribution in [2.75, 3.05) is 0 Å². The zero-order valence-electron chi connectivity index (χ0n) is 7.37. The van der Waals surface area contributed by atoms with E-state index in [1.54, 1.807) is 13.0 Å². The van der Waals surface area contributed by atoms with Crippen molar-refractivity contribution in [3.05, 3.63) is 41.5 Å². The van der Waals surface area contributed by atoms with Gasteiger partial charge in [-0.1, -0.05) is 30.3 Å². The molecule has 1 nitrogen and oxygen atoms in total. The second-order valence-corrected chi connectivity index (χ2v) is 2.80. The van der Waals surface area contributed by atoms with Crippen molar-refractivity contribution in [1.82, 2.24) is 0 Å². The largest absolute Gasteiger partial charge is 0.295 e. The molecule has 1 rings (SSSR count). The summed E-state index contributed by atoms with van der Waals surface area (Å²) in [4.78, 5) is 10.6. The van der Waals surface area contributed by atoms with Gasteiger partial charge in [-0.15, -0.1) is 0 Å². The summed E-state index contributed by atoms with van der Waals surface area (Å²) < 4.78 is 0. The lowest BCUT2D eigenvalue weighted by Gasteiger charge is -1.96. The van der Waals surface area contributed by atoms with Gasteiger partial charge in [0.25, 0.3) is 0 Å². The maximum Gasteiger partial charge on any atom is 0.152 e. The Hall–Kier alpha value is -1.37. The Morgan fingerprint density at radius 2 is 2.00 bits per heavy atom. The highest BCUT2D eigenvalue weighted by molar-refractivity contribution is 5.91. The van der Waals surface area contributed by atoms with E-state index in [0.29, 0.717) is 0 Å². The Kier molecular flexibility index (Phi) is 2.81. The Balaban J connectivity index is 2.89. The first-order valence-electron chi connectivity index (χ1n) is 3.94. The highest BCUT2D eigenvalue weighted by Crippen LogP contribution is 2.08. The maximum absolute atomic E-state index is 10.6. The number of aryl methyl sites for hydroxylation is 1. The lowest BCUT2D eigenvalue weighted by molar-refractivity contribution is -0.112. The van der Waals surface area contributed by atoms with E-state index in [1.807, 2.05) is 37.3 Å². The van der Waals surface area contributed by atoms with Crippen LogP contribution in [0.2, 0.25) is 0 Å². The highest BCUT2D eigenvalue weighted by Gasteiger charge is 1.90. The van der Waals surface area contributed by atoms with Crippen molar-refractivity contribution in [2.24, 2.45) is 0 Å². The molecule has 0 unspecified atom stereocenters. The minimum absolute atomic E-state index is 0.0817. The summed E-state index contributed by atoms with van der Waals surface area (Å²) >= 11 is 0. The monoisotopic (exact) mass is 160 g/mol. The molecule has 12 heavy (non-hydrogen) atoms. The molecule has 0 aromatic heterocycles. The first kappa shape index (κ1) is 8.72. The van der Waals surface area contributed by atoms with Gasteiger partial charge in [0.2, 0.25) is 0 Å². The van der Waals surface area contributed by atoms with Crippen LogP contribution in [0.15, 0.2) is 30.3 Å². The first-order valence-corrected chi connectivity index (χ1v) is 3.94. The van der Waals surface area contributed by atoms with Crippen LogP contribution in [-0.4, -0.2) is 5.78 Å². The van der Waals surface area contributed by atoms with Crippen LogP contribution in [0.5, 0.6) is 0 Å². The molecule has 1 aromatic rings. The Morgan fingerprint density at radius 1 is 1.33 bits per heavy atom. The molecule has 0 aliphatic rings.